The highest BCUT2D eigenvalue weighted by atomic mass is 15.2. The molecule has 80 valence electrons. The van der Waals surface area contributed by atoms with Gasteiger partial charge in [0, 0.05) is 5.70 Å². The van der Waals surface area contributed by atoms with Gasteiger partial charge >= 0.3 is 0 Å². The highest BCUT2D eigenvalue weighted by Crippen LogP contribution is 2.04. The maximum atomic E-state index is 4.16. The quantitative estimate of drug-likeness (QED) is 0.788. The summed E-state index contributed by atoms with van der Waals surface area (Å²) in [4.78, 5) is 12.1. The molecule has 0 saturated heterocycles. The van der Waals surface area contributed by atoms with Crippen molar-refractivity contribution in [3.05, 3.63) is 30.4 Å². The van der Waals surface area contributed by atoms with Gasteiger partial charge < -0.3 is 10.6 Å². The first kappa shape index (κ1) is 11.2. The maximum Gasteiger partial charge on any atom is 0.231 e. The number of rotatable bonds is 4. The van der Waals surface area contributed by atoms with Crippen LogP contribution in [0.15, 0.2) is 30.4 Å². The molecule has 1 aromatic heterocycles. The lowest BCUT2D eigenvalue weighted by molar-refractivity contribution is 1.05. The Hall–Kier alpha value is -1.91. The SMILES string of the molecule is CC=C(C)Nc1ncnc(N/C=C/C)n1. The van der Waals surface area contributed by atoms with Gasteiger partial charge in [-0.15, -0.1) is 0 Å². The first-order chi connectivity index (χ1) is 7.26. The summed E-state index contributed by atoms with van der Waals surface area (Å²) in [7, 11) is 0. The fourth-order valence-electron chi connectivity index (χ4n) is 0.832. The van der Waals surface area contributed by atoms with Crippen LogP contribution < -0.4 is 10.6 Å². The van der Waals surface area contributed by atoms with Crippen molar-refractivity contribution in [1.82, 2.24) is 15.0 Å². The van der Waals surface area contributed by atoms with E-state index in [1.807, 2.05) is 32.9 Å². The van der Waals surface area contributed by atoms with Crippen LogP contribution in [0.1, 0.15) is 20.8 Å². The lowest BCUT2D eigenvalue weighted by Crippen LogP contribution is -2.04. The van der Waals surface area contributed by atoms with E-state index in [1.165, 1.54) is 6.33 Å². The molecule has 0 amide bonds. The first-order valence-corrected chi connectivity index (χ1v) is 4.73. The molecule has 5 nitrogen and oxygen atoms in total. The molecule has 0 aliphatic rings. The molecule has 15 heavy (non-hydrogen) atoms. The highest BCUT2D eigenvalue weighted by Gasteiger charge is 1.98. The van der Waals surface area contributed by atoms with Gasteiger partial charge in [0.1, 0.15) is 6.33 Å². The molecular formula is C10H15N5. The van der Waals surface area contributed by atoms with Gasteiger partial charge in [-0.3, -0.25) is 0 Å². The van der Waals surface area contributed by atoms with Crippen molar-refractivity contribution >= 4 is 11.9 Å². The number of allylic oxidation sites excluding steroid dienone is 3. The van der Waals surface area contributed by atoms with Crippen LogP contribution in [0.4, 0.5) is 11.9 Å². The number of nitrogens with zero attached hydrogens (tertiary/aromatic N) is 3. The summed E-state index contributed by atoms with van der Waals surface area (Å²) in [5, 5.41) is 5.97. The molecule has 1 heterocycles. The van der Waals surface area contributed by atoms with Crippen molar-refractivity contribution in [2.24, 2.45) is 0 Å². The van der Waals surface area contributed by atoms with Gasteiger partial charge in [0.25, 0.3) is 0 Å². The third-order valence-corrected chi connectivity index (χ3v) is 1.69. The smallest absolute Gasteiger partial charge is 0.231 e. The second-order valence-corrected chi connectivity index (χ2v) is 2.87. The standard InChI is InChI=1S/C10H15N5/c1-4-6-11-9-12-7-13-10(15-9)14-8(3)5-2/h4-7H,1-3H3,(H2,11,12,13,14,15)/b6-4+,8-5?. The molecular weight excluding hydrogens is 190 g/mol. The molecule has 0 unspecified atom stereocenters. The fraction of sp³-hybridized carbons (Fsp3) is 0.300. The fourth-order valence-corrected chi connectivity index (χ4v) is 0.832. The predicted molar refractivity (Wildman–Crippen MR) is 61.3 cm³/mol. The summed E-state index contributed by atoms with van der Waals surface area (Å²) in [6.45, 7) is 5.81. The van der Waals surface area contributed by atoms with E-state index in [0.717, 1.165) is 5.70 Å². The first-order valence-electron chi connectivity index (χ1n) is 4.73. The van der Waals surface area contributed by atoms with Crippen molar-refractivity contribution in [2.75, 3.05) is 10.6 Å². The zero-order valence-corrected chi connectivity index (χ0v) is 9.15. The van der Waals surface area contributed by atoms with Crippen molar-refractivity contribution < 1.29 is 0 Å². The van der Waals surface area contributed by atoms with Gasteiger partial charge in [0.15, 0.2) is 0 Å². The van der Waals surface area contributed by atoms with Gasteiger partial charge in [-0.2, -0.15) is 4.98 Å². The van der Waals surface area contributed by atoms with E-state index in [1.54, 1.807) is 6.20 Å². The topological polar surface area (TPSA) is 62.7 Å². The second kappa shape index (κ2) is 5.74. The largest absolute Gasteiger partial charge is 0.331 e. The van der Waals surface area contributed by atoms with E-state index in [0.29, 0.717) is 11.9 Å². The number of hydrogen-bond acceptors (Lipinski definition) is 5. The third kappa shape index (κ3) is 3.76. The molecule has 0 saturated carbocycles. The van der Waals surface area contributed by atoms with Gasteiger partial charge in [-0.05, 0) is 27.0 Å². The van der Waals surface area contributed by atoms with E-state index in [4.69, 9.17) is 0 Å². The van der Waals surface area contributed by atoms with Gasteiger partial charge in [-0.1, -0.05) is 12.2 Å². The number of aromatic nitrogens is 3. The number of hydrogen-bond donors (Lipinski definition) is 2. The molecule has 2 N–H and O–H groups in total. The van der Waals surface area contributed by atoms with E-state index in [9.17, 15) is 0 Å². The number of nitrogens with one attached hydrogen (secondary N) is 2. The summed E-state index contributed by atoms with van der Waals surface area (Å²) in [6.07, 6.45) is 7.04. The lowest BCUT2D eigenvalue weighted by Gasteiger charge is -2.04. The lowest BCUT2D eigenvalue weighted by atomic mass is 10.5. The maximum absolute atomic E-state index is 4.16. The highest BCUT2D eigenvalue weighted by molar-refractivity contribution is 5.38. The average molecular weight is 205 g/mol. The Kier molecular flexibility index (Phi) is 4.28. The van der Waals surface area contributed by atoms with Gasteiger partial charge in [-0.25, -0.2) is 9.97 Å². The van der Waals surface area contributed by atoms with Crippen LogP contribution in [-0.2, 0) is 0 Å². The predicted octanol–water partition coefficient (Wildman–Crippen LogP) is 2.15. The Morgan fingerprint density at radius 1 is 1.27 bits per heavy atom. The number of anilines is 2. The zero-order chi connectivity index (χ0) is 11.1. The molecule has 1 aromatic rings. The van der Waals surface area contributed by atoms with Crippen molar-refractivity contribution in [3.63, 3.8) is 0 Å². The third-order valence-electron chi connectivity index (χ3n) is 1.69. The Morgan fingerprint density at radius 2 is 2.00 bits per heavy atom. The van der Waals surface area contributed by atoms with Crippen LogP contribution in [0.25, 0.3) is 0 Å². The van der Waals surface area contributed by atoms with Gasteiger partial charge in [0.2, 0.25) is 11.9 Å². The van der Waals surface area contributed by atoms with Gasteiger partial charge in [0.05, 0.1) is 0 Å². The molecule has 0 atom stereocenters. The summed E-state index contributed by atoms with van der Waals surface area (Å²) in [6, 6.07) is 0. The second-order valence-electron chi connectivity index (χ2n) is 2.87. The van der Waals surface area contributed by atoms with Crippen LogP contribution >= 0.6 is 0 Å². The summed E-state index contributed by atoms with van der Waals surface area (Å²) in [5.41, 5.74) is 0.998. The van der Waals surface area contributed by atoms with E-state index >= 15 is 0 Å². The minimum absolute atomic E-state index is 0.523. The molecule has 5 heteroatoms. The molecule has 0 radical (unpaired) electrons. The van der Waals surface area contributed by atoms with Crippen LogP contribution in [-0.4, -0.2) is 15.0 Å². The summed E-state index contributed by atoms with van der Waals surface area (Å²) < 4.78 is 0. The normalized spacial score (nSPS) is 11.8. The summed E-state index contributed by atoms with van der Waals surface area (Å²) >= 11 is 0. The van der Waals surface area contributed by atoms with Crippen molar-refractivity contribution in [1.29, 1.82) is 0 Å². The zero-order valence-electron chi connectivity index (χ0n) is 9.15. The van der Waals surface area contributed by atoms with Crippen molar-refractivity contribution in [3.8, 4) is 0 Å². The van der Waals surface area contributed by atoms with E-state index in [2.05, 4.69) is 25.6 Å². The Balaban J connectivity index is 2.74. The summed E-state index contributed by atoms with van der Waals surface area (Å²) in [5.74, 6) is 1.06. The minimum Gasteiger partial charge on any atom is -0.331 e. The minimum atomic E-state index is 0.523. The van der Waals surface area contributed by atoms with Crippen LogP contribution in [0, 0.1) is 0 Å². The monoisotopic (exact) mass is 205 g/mol. The Bertz CT molecular complexity index is 370. The van der Waals surface area contributed by atoms with E-state index in [-0.39, 0.29) is 0 Å². The average Bonchev–Trinajstić information content (AvgIpc) is 2.26. The molecule has 0 fully saturated rings. The van der Waals surface area contributed by atoms with Crippen LogP contribution in [0.3, 0.4) is 0 Å². The molecule has 1 rings (SSSR count). The molecule has 0 aromatic carbocycles. The molecule has 0 aliphatic carbocycles. The Labute approximate surface area is 89.4 Å². The molecule has 0 spiro atoms. The Morgan fingerprint density at radius 3 is 2.67 bits per heavy atom. The molecule has 0 bridgehead atoms. The van der Waals surface area contributed by atoms with Crippen molar-refractivity contribution in [2.45, 2.75) is 20.8 Å². The van der Waals surface area contributed by atoms with E-state index < -0.39 is 0 Å². The van der Waals surface area contributed by atoms with Crippen LogP contribution in [0.5, 0.6) is 0 Å². The molecule has 0 aliphatic heterocycles. The van der Waals surface area contributed by atoms with Crippen LogP contribution in [0.2, 0.25) is 0 Å².